The van der Waals surface area contributed by atoms with Crippen LogP contribution in [0.15, 0.2) is 49.1 Å². The molecule has 5 rings (SSSR count). The quantitative estimate of drug-likeness (QED) is 0.499. The van der Waals surface area contributed by atoms with Gasteiger partial charge in [-0.05, 0) is 18.6 Å². The molecule has 12 nitrogen and oxygen atoms in total. The van der Waals surface area contributed by atoms with E-state index in [0.717, 1.165) is 17.7 Å². The van der Waals surface area contributed by atoms with Crippen molar-refractivity contribution in [2.24, 2.45) is 0 Å². The molecule has 200 valence electrons. The monoisotopic (exact) mass is 527 g/mol. The number of nitrogens with one attached hydrogen (secondary N) is 2. The number of rotatable bonds is 6. The molecule has 0 unspecified atom stereocenters. The number of carbonyl (C=O) groups excluding carboxylic acids is 2. The van der Waals surface area contributed by atoms with Gasteiger partial charge >= 0.3 is 12.1 Å². The van der Waals surface area contributed by atoms with Crippen molar-refractivity contribution >= 4 is 23.5 Å². The van der Waals surface area contributed by atoms with E-state index in [-0.39, 0.29) is 43.6 Å². The summed E-state index contributed by atoms with van der Waals surface area (Å²) in [4.78, 5) is 32.0. The molecule has 2 aromatic heterocycles. The molecule has 1 atom stereocenters. The summed E-state index contributed by atoms with van der Waals surface area (Å²) in [6, 6.07) is 5.56. The molecule has 1 aromatic carbocycles. The predicted octanol–water partition coefficient (Wildman–Crippen LogP) is 1.90. The third kappa shape index (κ3) is 5.49. The minimum atomic E-state index is -0.955. The maximum absolute atomic E-state index is 15.2. The van der Waals surface area contributed by atoms with Gasteiger partial charge in [0.2, 0.25) is 0 Å². The van der Waals surface area contributed by atoms with E-state index in [2.05, 4.69) is 26.0 Å². The number of nitrogens with zero attached hydrogens (tertiary/aromatic N) is 7. The lowest BCUT2D eigenvalue weighted by molar-refractivity contribution is 0.0545. The maximum Gasteiger partial charge on any atom is 0.415 e. The van der Waals surface area contributed by atoms with Crippen molar-refractivity contribution in [3.8, 4) is 0 Å². The standard InChI is InChI=1S/C24H27F2N9O3/c1-24(15-33-8-5-29-31-33)16-34(23(37)38-24)18-11-19(25)21(20(26)12-18)35-10-9-32(7-6-30-35)22(36)28-14-17-3-2-4-27-13-17/h2-5,8,11-13,30H,6-7,9-10,14-16H2,1H3,(H,28,36)/t24-/m0/s1. The fourth-order valence-corrected chi connectivity index (χ4v) is 4.52. The van der Waals surface area contributed by atoms with Crippen LogP contribution in [0.3, 0.4) is 0 Å². The Balaban J connectivity index is 1.23. The number of ether oxygens (including phenoxy) is 1. The third-order valence-corrected chi connectivity index (χ3v) is 6.33. The number of benzene rings is 1. The van der Waals surface area contributed by atoms with Crippen LogP contribution in [0.1, 0.15) is 12.5 Å². The first-order valence-corrected chi connectivity index (χ1v) is 12.1. The highest BCUT2D eigenvalue weighted by Gasteiger charge is 2.43. The van der Waals surface area contributed by atoms with Crippen molar-refractivity contribution in [1.29, 1.82) is 0 Å². The summed E-state index contributed by atoms with van der Waals surface area (Å²) in [6.07, 6.45) is 5.75. The number of hydrogen-bond acceptors (Lipinski definition) is 8. The van der Waals surface area contributed by atoms with Gasteiger partial charge in [0, 0.05) is 56.9 Å². The molecule has 0 bridgehead atoms. The average Bonchev–Trinajstić information content (AvgIpc) is 3.42. The molecule has 2 saturated heterocycles. The minimum Gasteiger partial charge on any atom is -0.439 e. The van der Waals surface area contributed by atoms with Crippen LogP contribution in [0.5, 0.6) is 0 Å². The van der Waals surface area contributed by atoms with E-state index in [1.165, 1.54) is 20.8 Å². The lowest BCUT2D eigenvalue weighted by Gasteiger charge is -2.25. The van der Waals surface area contributed by atoms with E-state index < -0.39 is 23.3 Å². The summed E-state index contributed by atoms with van der Waals surface area (Å²) in [5.41, 5.74) is 2.64. The minimum absolute atomic E-state index is 0.0438. The zero-order valence-corrected chi connectivity index (χ0v) is 20.7. The van der Waals surface area contributed by atoms with Crippen LogP contribution >= 0.6 is 0 Å². The van der Waals surface area contributed by atoms with Gasteiger partial charge in [-0.2, -0.15) is 0 Å². The van der Waals surface area contributed by atoms with Crippen molar-refractivity contribution in [3.63, 3.8) is 0 Å². The molecule has 4 heterocycles. The number of hydrogen-bond donors (Lipinski definition) is 2. The van der Waals surface area contributed by atoms with E-state index in [9.17, 15) is 9.59 Å². The highest BCUT2D eigenvalue weighted by Crippen LogP contribution is 2.33. The van der Waals surface area contributed by atoms with E-state index in [1.54, 1.807) is 36.5 Å². The lowest BCUT2D eigenvalue weighted by Crippen LogP contribution is -2.42. The SMILES string of the molecule is C[C@]1(Cn2ccnn2)CN(c2cc(F)c(N3CCN(C(=O)NCc4cccnc4)CCN3)c(F)c2)C(=O)O1. The fraction of sp³-hybridized carbons (Fsp3) is 0.375. The first-order valence-electron chi connectivity index (χ1n) is 12.1. The smallest absolute Gasteiger partial charge is 0.415 e. The molecule has 38 heavy (non-hydrogen) atoms. The van der Waals surface area contributed by atoms with Crippen molar-refractivity contribution in [2.75, 3.05) is 42.6 Å². The number of urea groups is 1. The summed E-state index contributed by atoms with van der Waals surface area (Å²) in [5, 5.41) is 11.8. The van der Waals surface area contributed by atoms with Gasteiger partial charge in [0.05, 0.1) is 31.5 Å². The number of pyridine rings is 1. The second kappa shape index (κ2) is 10.6. The molecule has 2 aliphatic heterocycles. The number of hydrazine groups is 1. The number of amides is 3. The van der Waals surface area contributed by atoms with Gasteiger partial charge in [-0.25, -0.2) is 28.5 Å². The second-order valence-electron chi connectivity index (χ2n) is 9.33. The Kier molecular flexibility index (Phi) is 7.05. The summed E-state index contributed by atoms with van der Waals surface area (Å²) in [5.74, 6) is -1.70. The Hall–Kier alpha value is -4.33. The molecular weight excluding hydrogens is 500 g/mol. The molecule has 2 fully saturated rings. The lowest BCUT2D eigenvalue weighted by atomic mass is 10.1. The van der Waals surface area contributed by atoms with Crippen molar-refractivity contribution < 1.29 is 23.1 Å². The first kappa shape index (κ1) is 25.3. The Morgan fingerprint density at radius 3 is 2.74 bits per heavy atom. The molecule has 14 heteroatoms. The van der Waals surface area contributed by atoms with E-state index >= 15 is 8.78 Å². The normalized spacial score (nSPS) is 19.9. The molecule has 3 amide bonds. The first-order chi connectivity index (χ1) is 18.3. The second-order valence-corrected chi connectivity index (χ2v) is 9.33. The highest BCUT2D eigenvalue weighted by molar-refractivity contribution is 5.90. The topological polar surface area (TPSA) is 121 Å². The largest absolute Gasteiger partial charge is 0.439 e. The van der Waals surface area contributed by atoms with Crippen LogP contribution in [0.2, 0.25) is 0 Å². The van der Waals surface area contributed by atoms with Crippen LogP contribution < -0.4 is 20.7 Å². The molecule has 2 N–H and O–H groups in total. The van der Waals surface area contributed by atoms with Crippen LogP contribution in [-0.2, 0) is 17.8 Å². The van der Waals surface area contributed by atoms with E-state index in [1.807, 2.05) is 6.07 Å². The van der Waals surface area contributed by atoms with Gasteiger partial charge in [-0.1, -0.05) is 11.3 Å². The molecule has 0 saturated carbocycles. The Morgan fingerprint density at radius 2 is 2.03 bits per heavy atom. The molecule has 0 spiro atoms. The van der Waals surface area contributed by atoms with Crippen molar-refractivity contribution in [1.82, 2.24) is 35.6 Å². The Bertz CT molecular complexity index is 1270. The van der Waals surface area contributed by atoms with Gasteiger partial charge in [-0.15, -0.1) is 5.10 Å². The molecular formula is C24H27F2N9O3. The van der Waals surface area contributed by atoms with Crippen LogP contribution in [0.4, 0.5) is 29.7 Å². The zero-order valence-electron chi connectivity index (χ0n) is 20.7. The zero-order chi connectivity index (χ0) is 26.7. The number of aromatic nitrogens is 4. The summed E-state index contributed by atoms with van der Waals surface area (Å²) in [7, 11) is 0. The van der Waals surface area contributed by atoms with Crippen LogP contribution in [-0.4, -0.2) is 75.3 Å². The van der Waals surface area contributed by atoms with Gasteiger partial charge in [0.15, 0.2) is 11.6 Å². The summed E-state index contributed by atoms with van der Waals surface area (Å²) >= 11 is 0. The van der Waals surface area contributed by atoms with E-state index in [0.29, 0.717) is 19.6 Å². The fourth-order valence-electron chi connectivity index (χ4n) is 4.52. The van der Waals surface area contributed by atoms with Gasteiger partial charge in [0.1, 0.15) is 11.3 Å². The predicted molar refractivity (Wildman–Crippen MR) is 132 cm³/mol. The van der Waals surface area contributed by atoms with Crippen LogP contribution in [0, 0.1) is 11.6 Å². The molecule has 2 aliphatic rings. The summed E-state index contributed by atoms with van der Waals surface area (Å²) < 4.78 is 37.5. The molecule has 0 aliphatic carbocycles. The number of anilines is 2. The summed E-state index contributed by atoms with van der Waals surface area (Å²) in [6.45, 7) is 3.38. The van der Waals surface area contributed by atoms with E-state index in [4.69, 9.17) is 4.74 Å². The number of carbonyl (C=O) groups is 2. The Labute approximate surface area is 217 Å². The number of cyclic esters (lactones) is 1. The maximum atomic E-state index is 15.2. The van der Waals surface area contributed by atoms with Crippen LogP contribution in [0.25, 0.3) is 0 Å². The van der Waals surface area contributed by atoms with Gasteiger partial charge < -0.3 is 20.0 Å². The van der Waals surface area contributed by atoms with Gasteiger partial charge in [0.25, 0.3) is 0 Å². The highest BCUT2D eigenvalue weighted by atomic mass is 19.1. The number of halogens is 2. The molecule has 0 radical (unpaired) electrons. The van der Waals surface area contributed by atoms with Crippen molar-refractivity contribution in [3.05, 3.63) is 66.3 Å². The third-order valence-electron chi connectivity index (χ3n) is 6.33. The van der Waals surface area contributed by atoms with Gasteiger partial charge in [-0.3, -0.25) is 9.88 Å². The average molecular weight is 528 g/mol. The Morgan fingerprint density at radius 1 is 1.21 bits per heavy atom. The molecule has 3 aromatic rings. The van der Waals surface area contributed by atoms with Crippen molar-refractivity contribution in [2.45, 2.75) is 25.6 Å².